The molecule has 0 amide bonds. The van der Waals surface area contributed by atoms with Crippen LogP contribution >= 0.6 is 44.7 Å². The van der Waals surface area contributed by atoms with Gasteiger partial charge in [-0.05, 0) is 83.0 Å². The van der Waals surface area contributed by atoms with Crippen LogP contribution in [0.4, 0.5) is 0 Å². The van der Waals surface area contributed by atoms with E-state index in [1.54, 1.807) is 5.56 Å². The van der Waals surface area contributed by atoms with Crippen LogP contribution in [-0.4, -0.2) is 6.04 Å². The summed E-state index contributed by atoms with van der Waals surface area (Å²) in [5.74, 6) is 1.24. The van der Waals surface area contributed by atoms with Crippen molar-refractivity contribution in [2.45, 2.75) is 50.5 Å². The number of hydrogen-bond donors (Lipinski definition) is 2. The molecule has 0 heterocycles. The van der Waals surface area contributed by atoms with E-state index < -0.39 is 0 Å². The summed E-state index contributed by atoms with van der Waals surface area (Å²) in [5, 5.41) is 0. The summed E-state index contributed by atoms with van der Waals surface area (Å²) in [7, 11) is 0. The first kappa shape index (κ1) is 17.8. The molecule has 26 heavy (non-hydrogen) atoms. The Kier molecular flexibility index (Phi) is 4.00. The van der Waals surface area contributed by atoms with Crippen molar-refractivity contribution in [2.75, 3.05) is 0 Å². The highest BCUT2D eigenvalue weighted by Gasteiger charge is 2.67. The molecule has 0 radical (unpaired) electrons. The molecule has 1 nitrogen and oxygen atoms in total. The monoisotopic (exact) mass is 491 g/mol. The fraction of sp³-hybridized carbons (Fsp3) is 0.455. The molecule has 2 aromatic carbocycles. The van der Waals surface area contributed by atoms with Crippen LogP contribution < -0.4 is 4.72 Å². The first-order valence-electron chi connectivity index (χ1n) is 9.41. The maximum absolute atomic E-state index is 4.55. The van der Waals surface area contributed by atoms with Gasteiger partial charge in [0, 0.05) is 20.4 Å². The number of thiol groups is 1. The third kappa shape index (κ3) is 2.13. The van der Waals surface area contributed by atoms with E-state index in [2.05, 4.69) is 99.6 Å². The van der Waals surface area contributed by atoms with E-state index in [9.17, 15) is 0 Å². The van der Waals surface area contributed by atoms with E-state index in [0.29, 0.717) is 23.3 Å². The molecular weight excluding hydrogens is 470 g/mol. The molecular formula is C22H23Br2NS. The normalized spacial score (nSPS) is 33.9. The van der Waals surface area contributed by atoms with Gasteiger partial charge in [0.05, 0.1) is 0 Å². The zero-order valence-electron chi connectivity index (χ0n) is 15.0. The topological polar surface area (TPSA) is 12.0 Å². The van der Waals surface area contributed by atoms with E-state index in [4.69, 9.17) is 0 Å². The second kappa shape index (κ2) is 5.85. The SMILES string of the molecule is CC(C)C12C[C@@H]3c4cc(Br)ccc4-c4ccc(Br)cc4[C@@]3(C[C@H]1NS)C2. The van der Waals surface area contributed by atoms with Crippen molar-refractivity contribution in [3.05, 3.63) is 56.5 Å². The molecule has 1 N–H and O–H groups in total. The molecule has 1 spiro atoms. The van der Waals surface area contributed by atoms with E-state index >= 15 is 0 Å². The second-order valence-corrected chi connectivity index (χ2v) is 10.9. The predicted molar refractivity (Wildman–Crippen MR) is 119 cm³/mol. The Balaban J connectivity index is 1.81. The number of fused-ring (bicyclic) bond motifs is 5. The Hall–Kier alpha value is -0.290. The summed E-state index contributed by atoms with van der Waals surface area (Å²) in [4.78, 5) is 0. The molecule has 0 saturated heterocycles. The molecule has 4 heteroatoms. The van der Waals surface area contributed by atoms with Crippen LogP contribution in [0.25, 0.3) is 11.1 Å². The predicted octanol–water partition coefficient (Wildman–Crippen LogP) is 6.86. The highest BCUT2D eigenvalue weighted by atomic mass is 79.9. The molecule has 4 atom stereocenters. The maximum atomic E-state index is 4.55. The second-order valence-electron chi connectivity index (χ2n) is 8.78. The number of halogens is 2. The first-order valence-corrected chi connectivity index (χ1v) is 11.4. The fourth-order valence-corrected chi connectivity index (χ4v) is 7.54. The third-order valence-corrected chi connectivity index (χ3v) is 8.96. The number of benzene rings is 2. The van der Waals surface area contributed by atoms with Gasteiger partial charge in [-0.3, -0.25) is 4.72 Å². The van der Waals surface area contributed by atoms with Crippen molar-refractivity contribution >= 4 is 44.7 Å². The van der Waals surface area contributed by atoms with Gasteiger partial charge in [-0.1, -0.05) is 70.7 Å². The minimum atomic E-state index is 0.220. The maximum Gasteiger partial charge on any atom is 0.0237 e. The Morgan fingerprint density at radius 3 is 2.42 bits per heavy atom. The van der Waals surface area contributed by atoms with Crippen molar-refractivity contribution in [2.24, 2.45) is 11.3 Å². The van der Waals surface area contributed by atoms with Gasteiger partial charge in [0.1, 0.15) is 0 Å². The molecule has 136 valence electrons. The van der Waals surface area contributed by atoms with Gasteiger partial charge in [0.2, 0.25) is 0 Å². The summed E-state index contributed by atoms with van der Waals surface area (Å²) in [6.07, 6.45) is 3.68. The fourth-order valence-electron chi connectivity index (χ4n) is 6.45. The molecule has 2 saturated carbocycles. The molecule has 5 rings (SSSR count). The molecule has 0 aromatic heterocycles. The standard InChI is InChI=1S/C22H23Br2NS/c1-12(2)21-9-19-17-7-13(23)3-5-15(17)16-6-4-14(24)8-18(16)22(19,11-21)10-20(21)25-26/h3-8,12,19-20,25-26H,9-11H2,1-2H3/t19-,20-,21?,22-/m1/s1. The van der Waals surface area contributed by atoms with Gasteiger partial charge >= 0.3 is 0 Å². The molecule has 2 bridgehead atoms. The number of nitrogens with one attached hydrogen (secondary N) is 1. The average molecular weight is 493 g/mol. The number of rotatable bonds is 2. The minimum Gasteiger partial charge on any atom is -0.263 e. The summed E-state index contributed by atoms with van der Waals surface area (Å²) in [6, 6.07) is 14.2. The molecule has 0 aliphatic heterocycles. The molecule has 3 aliphatic rings. The van der Waals surface area contributed by atoms with Crippen LogP contribution in [-0.2, 0) is 5.41 Å². The quantitative estimate of drug-likeness (QED) is 0.436. The lowest BCUT2D eigenvalue weighted by Crippen LogP contribution is -2.45. The average Bonchev–Trinajstić information content (AvgIpc) is 3.15. The molecule has 3 aliphatic carbocycles. The van der Waals surface area contributed by atoms with Crippen molar-refractivity contribution in [3.8, 4) is 11.1 Å². The van der Waals surface area contributed by atoms with Crippen molar-refractivity contribution in [3.63, 3.8) is 0 Å². The molecule has 2 fully saturated rings. The minimum absolute atomic E-state index is 0.220. The van der Waals surface area contributed by atoms with E-state index in [1.165, 1.54) is 44.9 Å². The van der Waals surface area contributed by atoms with E-state index in [0.717, 1.165) is 0 Å². The Bertz CT molecular complexity index is 911. The lowest BCUT2D eigenvalue weighted by atomic mass is 9.59. The van der Waals surface area contributed by atoms with Crippen LogP contribution in [0.15, 0.2) is 45.3 Å². The van der Waals surface area contributed by atoms with Crippen molar-refractivity contribution < 1.29 is 0 Å². The van der Waals surface area contributed by atoms with Gasteiger partial charge in [-0.2, -0.15) is 0 Å². The van der Waals surface area contributed by atoms with Gasteiger partial charge in [0.15, 0.2) is 0 Å². The van der Waals surface area contributed by atoms with Crippen molar-refractivity contribution in [1.29, 1.82) is 0 Å². The lowest BCUT2D eigenvalue weighted by molar-refractivity contribution is 0.150. The first-order chi connectivity index (χ1) is 12.4. The number of hydrogen-bond acceptors (Lipinski definition) is 2. The van der Waals surface area contributed by atoms with E-state index in [-0.39, 0.29) is 5.41 Å². The zero-order chi connectivity index (χ0) is 18.3. The molecule has 2 aromatic rings. The van der Waals surface area contributed by atoms with Crippen molar-refractivity contribution in [1.82, 2.24) is 4.72 Å². The summed E-state index contributed by atoms with van der Waals surface area (Å²) in [5.41, 5.74) is 6.46. The lowest BCUT2D eigenvalue weighted by Gasteiger charge is -2.46. The zero-order valence-corrected chi connectivity index (χ0v) is 19.1. The van der Waals surface area contributed by atoms with Crippen LogP contribution in [0.1, 0.15) is 50.2 Å². The van der Waals surface area contributed by atoms with E-state index in [1.807, 2.05) is 0 Å². The highest BCUT2D eigenvalue weighted by molar-refractivity contribution is 9.10. The van der Waals surface area contributed by atoms with Crippen LogP contribution in [0.2, 0.25) is 0 Å². The van der Waals surface area contributed by atoms with Gasteiger partial charge in [0.25, 0.3) is 0 Å². The molecule has 1 unspecified atom stereocenters. The van der Waals surface area contributed by atoms with Crippen LogP contribution in [0, 0.1) is 11.3 Å². The summed E-state index contributed by atoms with van der Waals surface area (Å²) >= 11 is 12.0. The van der Waals surface area contributed by atoms with Gasteiger partial charge < -0.3 is 0 Å². The van der Waals surface area contributed by atoms with Crippen LogP contribution in [0.3, 0.4) is 0 Å². The largest absolute Gasteiger partial charge is 0.263 e. The Labute approximate surface area is 178 Å². The smallest absolute Gasteiger partial charge is 0.0237 e. The Morgan fingerprint density at radius 1 is 1.04 bits per heavy atom. The Morgan fingerprint density at radius 2 is 1.73 bits per heavy atom. The summed E-state index contributed by atoms with van der Waals surface area (Å²) < 4.78 is 5.78. The summed E-state index contributed by atoms with van der Waals surface area (Å²) in [6.45, 7) is 4.80. The van der Waals surface area contributed by atoms with Gasteiger partial charge in [-0.25, -0.2) is 0 Å². The van der Waals surface area contributed by atoms with Crippen LogP contribution in [0.5, 0.6) is 0 Å². The third-order valence-electron chi connectivity index (χ3n) is 7.66. The van der Waals surface area contributed by atoms with Gasteiger partial charge in [-0.15, -0.1) is 0 Å². The highest BCUT2D eigenvalue weighted by Crippen LogP contribution is 2.73.